The summed E-state index contributed by atoms with van der Waals surface area (Å²) < 4.78 is 33.5. The van der Waals surface area contributed by atoms with E-state index in [2.05, 4.69) is 4.72 Å². The Labute approximate surface area is 144 Å². The molecule has 0 bridgehead atoms. The molecule has 0 aliphatic heterocycles. The third-order valence-corrected chi connectivity index (χ3v) is 5.58. The molecule has 0 heterocycles. The van der Waals surface area contributed by atoms with Crippen molar-refractivity contribution in [3.8, 4) is 5.75 Å². The third-order valence-electron chi connectivity index (χ3n) is 4.04. The topological polar surface area (TPSA) is 55.4 Å². The van der Waals surface area contributed by atoms with E-state index in [0.29, 0.717) is 5.75 Å². The van der Waals surface area contributed by atoms with Gasteiger partial charge >= 0.3 is 0 Å². The molecular formula is C19H25NO3S. The molecule has 1 atom stereocenters. The smallest absolute Gasteiger partial charge is 0.241 e. The fraction of sp³-hybridized carbons (Fsp3) is 0.368. The van der Waals surface area contributed by atoms with Crippen LogP contribution in [0.15, 0.2) is 47.4 Å². The van der Waals surface area contributed by atoms with Crippen LogP contribution in [-0.4, -0.2) is 15.5 Å². The highest BCUT2D eigenvalue weighted by atomic mass is 32.2. The Morgan fingerprint density at radius 3 is 2.17 bits per heavy atom. The van der Waals surface area contributed by atoms with Crippen molar-refractivity contribution in [1.82, 2.24) is 4.72 Å². The van der Waals surface area contributed by atoms with Gasteiger partial charge in [-0.05, 0) is 49.1 Å². The van der Waals surface area contributed by atoms with Crippen LogP contribution in [0.3, 0.4) is 0 Å². The quantitative estimate of drug-likeness (QED) is 0.853. The van der Waals surface area contributed by atoms with E-state index >= 15 is 0 Å². The van der Waals surface area contributed by atoms with Gasteiger partial charge in [-0.25, -0.2) is 13.1 Å². The first kappa shape index (κ1) is 18.5. The van der Waals surface area contributed by atoms with Crippen LogP contribution in [0.5, 0.6) is 5.75 Å². The van der Waals surface area contributed by atoms with Gasteiger partial charge in [-0.1, -0.05) is 43.7 Å². The van der Waals surface area contributed by atoms with Gasteiger partial charge < -0.3 is 4.74 Å². The van der Waals surface area contributed by atoms with E-state index < -0.39 is 10.0 Å². The molecule has 1 N–H and O–H groups in total. The molecule has 0 aliphatic rings. The van der Waals surface area contributed by atoms with Gasteiger partial charge in [0.2, 0.25) is 10.0 Å². The maximum Gasteiger partial charge on any atom is 0.241 e. The van der Waals surface area contributed by atoms with Crippen molar-refractivity contribution in [1.29, 1.82) is 0 Å². The zero-order valence-corrected chi connectivity index (χ0v) is 15.6. The Balaban J connectivity index is 2.30. The van der Waals surface area contributed by atoms with Crippen molar-refractivity contribution in [2.24, 2.45) is 0 Å². The molecule has 0 aromatic heterocycles. The number of sulfonamides is 1. The van der Waals surface area contributed by atoms with Gasteiger partial charge in [0.05, 0.1) is 12.0 Å². The fourth-order valence-corrected chi connectivity index (χ4v) is 3.82. The summed E-state index contributed by atoms with van der Waals surface area (Å²) in [6, 6.07) is 12.5. The highest BCUT2D eigenvalue weighted by molar-refractivity contribution is 7.89. The van der Waals surface area contributed by atoms with Gasteiger partial charge in [0.25, 0.3) is 0 Å². The highest BCUT2D eigenvalue weighted by Crippen LogP contribution is 2.29. The highest BCUT2D eigenvalue weighted by Gasteiger charge is 2.20. The lowest BCUT2D eigenvalue weighted by Gasteiger charge is -2.17. The summed E-state index contributed by atoms with van der Waals surface area (Å²) in [5.74, 6) is 0.875. The van der Waals surface area contributed by atoms with Crippen molar-refractivity contribution in [2.45, 2.75) is 44.6 Å². The van der Waals surface area contributed by atoms with Gasteiger partial charge in [-0.3, -0.25) is 0 Å². The predicted molar refractivity (Wildman–Crippen MR) is 97.0 cm³/mol. The molecule has 0 radical (unpaired) electrons. The summed E-state index contributed by atoms with van der Waals surface area (Å²) in [5.41, 5.74) is 2.95. The largest absolute Gasteiger partial charge is 0.496 e. The number of ether oxygens (including phenoxy) is 1. The van der Waals surface area contributed by atoms with E-state index in [1.165, 1.54) is 0 Å². The molecule has 0 amide bonds. The number of hydrogen-bond acceptors (Lipinski definition) is 3. The second kappa shape index (κ2) is 7.36. The Morgan fingerprint density at radius 1 is 1.00 bits per heavy atom. The molecule has 2 aromatic rings. The van der Waals surface area contributed by atoms with Crippen molar-refractivity contribution in [3.05, 3.63) is 59.2 Å². The third kappa shape index (κ3) is 4.16. The van der Waals surface area contributed by atoms with Gasteiger partial charge in [0.1, 0.15) is 5.75 Å². The minimum atomic E-state index is -3.60. The number of nitrogens with one attached hydrogen (secondary N) is 1. The predicted octanol–water partition coefficient (Wildman–Crippen LogP) is 4.17. The van der Waals surface area contributed by atoms with E-state index in [1.807, 2.05) is 52.0 Å². The van der Waals surface area contributed by atoms with Gasteiger partial charge in [0, 0.05) is 6.04 Å². The second-order valence-electron chi connectivity index (χ2n) is 6.31. The average Bonchev–Trinajstić information content (AvgIpc) is 2.54. The first-order valence-electron chi connectivity index (χ1n) is 8.01. The number of benzene rings is 2. The normalized spacial score (nSPS) is 13.1. The minimum Gasteiger partial charge on any atom is -0.496 e. The van der Waals surface area contributed by atoms with Crippen LogP contribution in [0, 0.1) is 6.92 Å². The number of aryl methyl sites for hydroxylation is 1. The fourth-order valence-electron chi connectivity index (χ4n) is 2.55. The van der Waals surface area contributed by atoms with E-state index in [-0.39, 0.29) is 16.9 Å². The Bertz CT molecular complexity index is 796. The summed E-state index contributed by atoms with van der Waals surface area (Å²) in [4.78, 5) is 0.256. The van der Waals surface area contributed by atoms with Crippen LogP contribution in [0.25, 0.3) is 0 Å². The summed E-state index contributed by atoms with van der Waals surface area (Å²) in [5, 5.41) is 0. The van der Waals surface area contributed by atoms with Crippen LogP contribution in [-0.2, 0) is 10.0 Å². The van der Waals surface area contributed by atoms with E-state index in [9.17, 15) is 8.42 Å². The zero-order chi connectivity index (χ0) is 17.9. The summed E-state index contributed by atoms with van der Waals surface area (Å²) in [6.45, 7) is 7.87. The Hall–Kier alpha value is -1.85. The van der Waals surface area contributed by atoms with Crippen LogP contribution in [0.4, 0.5) is 0 Å². The summed E-state index contributed by atoms with van der Waals surface area (Å²) in [6.07, 6.45) is 0. The lowest BCUT2D eigenvalue weighted by molar-refractivity contribution is 0.407. The maximum atomic E-state index is 12.7. The van der Waals surface area contributed by atoms with Crippen LogP contribution >= 0.6 is 0 Å². The van der Waals surface area contributed by atoms with Crippen LogP contribution in [0.2, 0.25) is 0 Å². The van der Waals surface area contributed by atoms with Gasteiger partial charge in [0.15, 0.2) is 0 Å². The molecule has 0 saturated heterocycles. The molecule has 0 saturated carbocycles. The minimum absolute atomic E-state index is 0.171. The lowest BCUT2D eigenvalue weighted by atomic mass is 10.0. The van der Waals surface area contributed by atoms with Crippen LogP contribution < -0.4 is 9.46 Å². The Kier molecular flexibility index (Phi) is 5.67. The summed E-state index contributed by atoms with van der Waals surface area (Å²) >= 11 is 0. The second-order valence-corrected chi connectivity index (χ2v) is 8.03. The average molecular weight is 347 g/mol. The lowest BCUT2D eigenvalue weighted by Crippen LogP contribution is -2.27. The number of rotatable bonds is 6. The standard InChI is InChI=1S/C19H25NO3S/c1-13(2)18-12-17(10-11-19(18)23-5)24(21,22)20-15(4)16-8-6-14(3)7-9-16/h6-13,15,20H,1-5H3. The first-order valence-corrected chi connectivity index (χ1v) is 9.49. The number of hydrogen-bond donors (Lipinski definition) is 1. The molecule has 5 heteroatoms. The molecule has 1 unspecified atom stereocenters. The van der Waals surface area contributed by atoms with Crippen molar-refractivity contribution in [2.75, 3.05) is 7.11 Å². The summed E-state index contributed by atoms with van der Waals surface area (Å²) in [7, 11) is -2.01. The van der Waals surface area contributed by atoms with Crippen LogP contribution in [0.1, 0.15) is 49.4 Å². The molecule has 2 aromatic carbocycles. The van der Waals surface area contributed by atoms with Crippen molar-refractivity contribution >= 4 is 10.0 Å². The van der Waals surface area contributed by atoms with Gasteiger partial charge in [-0.15, -0.1) is 0 Å². The van der Waals surface area contributed by atoms with Gasteiger partial charge in [-0.2, -0.15) is 0 Å². The first-order chi connectivity index (χ1) is 11.2. The Morgan fingerprint density at radius 2 is 1.62 bits per heavy atom. The van der Waals surface area contributed by atoms with E-state index in [0.717, 1.165) is 16.7 Å². The monoisotopic (exact) mass is 347 g/mol. The maximum absolute atomic E-state index is 12.7. The zero-order valence-electron chi connectivity index (χ0n) is 14.8. The van der Waals surface area contributed by atoms with Crippen molar-refractivity contribution in [3.63, 3.8) is 0 Å². The molecule has 24 heavy (non-hydrogen) atoms. The molecule has 0 aliphatic carbocycles. The molecule has 4 nitrogen and oxygen atoms in total. The van der Waals surface area contributed by atoms with E-state index in [4.69, 9.17) is 4.74 Å². The van der Waals surface area contributed by atoms with Crippen molar-refractivity contribution < 1.29 is 13.2 Å². The number of methoxy groups -OCH3 is 1. The van der Waals surface area contributed by atoms with E-state index in [1.54, 1.807) is 25.3 Å². The molecule has 0 fully saturated rings. The molecule has 0 spiro atoms. The SMILES string of the molecule is COc1ccc(S(=O)(=O)NC(C)c2ccc(C)cc2)cc1C(C)C. The molecular weight excluding hydrogens is 322 g/mol. The molecule has 2 rings (SSSR count). The molecule has 130 valence electrons.